The van der Waals surface area contributed by atoms with Crippen molar-refractivity contribution < 1.29 is 9.59 Å². The number of nitrogens with two attached hydrogens (primary N) is 1. The third-order valence-electron chi connectivity index (χ3n) is 8.28. The lowest BCUT2D eigenvalue weighted by Crippen LogP contribution is -2.57. The molecule has 2 saturated carbocycles. The van der Waals surface area contributed by atoms with Crippen LogP contribution < -0.4 is 11.1 Å². The molecule has 2 amide bonds. The lowest BCUT2D eigenvalue weighted by Gasteiger charge is -2.43. The monoisotopic (exact) mass is 528 g/mol. The van der Waals surface area contributed by atoms with E-state index < -0.39 is 6.04 Å². The Morgan fingerprint density at radius 3 is 2.61 bits per heavy atom. The van der Waals surface area contributed by atoms with Gasteiger partial charge < -0.3 is 16.0 Å². The zero-order valence-corrected chi connectivity index (χ0v) is 23.0. The SMILES string of the molecule is Cc1ccc(CN(C2CC2)C2CCN(C(=O)c3cccs3)[C@@H](C(=O)NCC3CCCC(CN)C3)C2)s1. The van der Waals surface area contributed by atoms with Gasteiger partial charge in [-0.05, 0) is 93.8 Å². The fraction of sp³-hybridized carbons (Fsp3) is 0.643. The molecule has 3 fully saturated rings. The summed E-state index contributed by atoms with van der Waals surface area (Å²) in [5, 5.41) is 5.20. The number of carbonyl (C=O) groups excluding carboxylic acids is 2. The molecule has 0 bridgehead atoms. The predicted molar refractivity (Wildman–Crippen MR) is 147 cm³/mol. The summed E-state index contributed by atoms with van der Waals surface area (Å²) in [5.41, 5.74) is 5.93. The van der Waals surface area contributed by atoms with E-state index in [2.05, 4.69) is 29.3 Å². The quantitative estimate of drug-likeness (QED) is 0.497. The molecule has 3 N–H and O–H groups in total. The van der Waals surface area contributed by atoms with Crippen LogP contribution >= 0.6 is 22.7 Å². The van der Waals surface area contributed by atoms with E-state index in [1.54, 1.807) is 0 Å². The normalized spacial score (nSPS) is 26.8. The summed E-state index contributed by atoms with van der Waals surface area (Å²) in [6, 6.07) is 8.74. The number of piperidine rings is 1. The first-order valence-corrected chi connectivity index (χ1v) is 15.3. The maximum absolute atomic E-state index is 13.6. The molecular weight excluding hydrogens is 488 g/mol. The van der Waals surface area contributed by atoms with E-state index in [4.69, 9.17) is 5.73 Å². The highest BCUT2D eigenvalue weighted by molar-refractivity contribution is 7.12. The van der Waals surface area contributed by atoms with Crippen LogP contribution in [0.5, 0.6) is 0 Å². The number of thiophene rings is 2. The van der Waals surface area contributed by atoms with E-state index >= 15 is 0 Å². The zero-order chi connectivity index (χ0) is 25.1. The Balaban J connectivity index is 1.29. The smallest absolute Gasteiger partial charge is 0.264 e. The second kappa shape index (κ2) is 11.8. The molecule has 1 saturated heterocycles. The summed E-state index contributed by atoms with van der Waals surface area (Å²) in [7, 11) is 0. The molecule has 0 spiro atoms. The number of amides is 2. The van der Waals surface area contributed by atoms with Crippen molar-refractivity contribution in [1.29, 1.82) is 0 Å². The van der Waals surface area contributed by atoms with Crippen LogP contribution in [0.15, 0.2) is 29.6 Å². The Bertz CT molecular complexity index is 1020. The highest BCUT2D eigenvalue weighted by atomic mass is 32.1. The number of nitrogens with one attached hydrogen (secondary N) is 1. The molecule has 4 atom stereocenters. The minimum Gasteiger partial charge on any atom is -0.354 e. The van der Waals surface area contributed by atoms with Crippen LogP contribution in [0.4, 0.5) is 0 Å². The summed E-state index contributed by atoms with van der Waals surface area (Å²) < 4.78 is 0. The summed E-state index contributed by atoms with van der Waals surface area (Å²) in [4.78, 5) is 35.0. The predicted octanol–water partition coefficient (Wildman–Crippen LogP) is 4.64. The molecule has 2 aromatic heterocycles. The van der Waals surface area contributed by atoms with E-state index in [-0.39, 0.29) is 11.8 Å². The van der Waals surface area contributed by atoms with Crippen LogP contribution in [-0.2, 0) is 11.3 Å². The molecule has 3 aliphatic rings. The van der Waals surface area contributed by atoms with Crippen molar-refractivity contribution in [2.24, 2.45) is 17.6 Å². The Hall–Kier alpha value is -1.74. The highest BCUT2D eigenvalue weighted by Crippen LogP contribution is 2.36. The van der Waals surface area contributed by atoms with Gasteiger partial charge in [-0.1, -0.05) is 12.5 Å². The molecule has 3 unspecified atom stereocenters. The molecule has 2 aliphatic carbocycles. The van der Waals surface area contributed by atoms with Crippen molar-refractivity contribution in [2.75, 3.05) is 19.6 Å². The van der Waals surface area contributed by atoms with Crippen molar-refractivity contribution in [2.45, 2.75) is 83.0 Å². The minimum absolute atomic E-state index is 0.00341. The van der Waals surface area contributed by atoms with Crippen LogP contribution in [0.3, 0.4) is 0 Å². The second-order valence-corrected chi connectivity index (χ2v) is 13.3. The second-order valence-electron chi connectivity index (χ2n) is 11.0. The average molecular weight is 529 g/mol. The Kier molecular flexibility index (Phi) is 8.46. The van der Waals surface area contributed by atoms with Crippen molar-refractivity contribution in [3.8, 4) is 0 Å². The van der Waals surface area contributed by atoms with Crippen LogP contribution in [0.1, 0.15) is 70.8 Å². The fourth-order valence-electron chi connectivity index (χ4n) is 6.16. The van der Waals surface area contributed by atoms with E-state index in [1.807, 2.05) is 33.7 Å². The number of likely N-dealkylation sites (tertiary alicyclic amines) is 1. The summed E-state index contributed by atoms with van der Waals surface area (Å²) in [6.45, 7) is 5.16. The molecule has 1 aliphatic heterocycles. The molecule has 6 nitrogen and oxygen atoms in total. The average Bonchev–Trinajstić information content (AvgIpc) is 3.42. The van der Waals surface area contributed by atoms with Crippen LogP contribution in [0, 0.1) is 18.8 Å². The van der Waals surface area contributed by atoms with Gasteiger partial charge in [0.05, 0.1) is 4.88 Å². The molecule has 196 valence electrons. The van der Waals surface area contributed by atoms with Crippen molar-refractivity contribution >= 4 is 34.5 Å². The number of hydrogen-bond acceptors (Lipinski definition) is 6. The fourth-order valence-corrected chi connectivity index (χ4v) is 7.74. The maximum Gasteiger partial charge on any atom is 0.264 e. The molecule has 2 aromatic rings. The third-order valence-corrected chi connectivity index (χ3v) is 10.1. The molecule has 3 heterocycles. The molecule has 36 heavy (non-hydrogen) atoms. The maximum atomic E-state index is 13.6. The largest absolute Gasteiger partial charge is 0.354 e. The Morgan fingerprint density at radius 2 is 1.92 bits per heavy atom. The minimum atomic E-state index is -0.418. The van der Waals surface area contributed by atoms with Gasteiger partial charge >= 0.3 is 0 Å². The van der Waals surface area contributed by atoms with Crippen LogP contribution in [-0.4, -0.2) is 59.4 Å². The highest BCUT2D eigenvalue weighted by Gasteiger charge is 2.42. The van der Waals surface area contributed by atoms with Crippen LogP contribution in [0.2, 0.25) is 0 Å². The van der Waals surface area contributed by atoms with E-state index in [1.165, 1.54) is 46.8 Å². The molecule has 0 radical (unpaired) electrons. The molecule has 8 heteroatoms. The molecule has 0 aromatic carbocycles. The Morgan fingerprint density at radius 1 is 1.08 bits per heavy atom. The van der Waals surface area contributed by atoms with Crippen LogP contribution in [0.25, 0.3) is 0 Å². The van der Waals surface area contributed by atoms with Gasteiger partial charge in [-0.3, -0.25) is 14.5 Å². The van der Waals surface area contributed by atoms with Gasteiger partial charge in [0.15, 0.2) is 0 Å². The summed E-state index contributed by atoms with van der Waals surface area (Å²) >= 11 is 3.33. The van der Waals surface area contributed by atoms with Gasteiger partial charge in [0.25, 0.3) is 5.91 Å². The lowest BCUT2D eigenvalue weighted by atomic mass is 9.81. The summed E-state index contributed by atoms with van der Waals surface area (Å²) in [5.74, 6) is 1.07. The number of hydrogen-bond donors (Lipinski definition) is 2. The molecule has 5 rings (SSSR count). The van der Waals surface area contributed by atoms with Gasteiger partial charge in [0.1, 0.15) is 6.04 Å². The van der Waals surface area contributed by atoms with Crippen molar-refractivity contribution in [3.63, 3.8) is 0 Å². The first-order chi connectivity index (χ1) is 17.5. The number of rotatable bonds is 9. The first-order valence-electron chi connectivity index (χ1n) is 13.6. The summed E-state index contributed by atoms with van der Waals surface area (Å²) in [6.07, 6.45) is 8.74. The lowest BCUT2D eigenvalue weighted by molar-refractivity contribution is -0.128. The van der Waals surface area contributed by atoms with Gasteiger partial charge in [-0.15, -0.1) is 22.7 Å². The number of aryl methyl sites for hydroxylation is 1. The topological polar surface area (TPSA) is 78.7 Å². The van der Waals surface area contributed by atoms with Crippen molar-refractivity contribution in [1.82, 2.24) is 15.1 Å². The third kappa shape index (κ3) is 6.21. The van der Waals surface area contributed by atoms with Crippen molar-refractivity contribution in [3.05, 3.63) is 44.3 Å². The van der Waals surface area contributed by atoms with Gasteiger partial charge in [-0.2, -0.15) is 0 Å². The molecular formula is C28H40N4O2S2. The Labute approximate surface area is 223 Å². The van der Waals surface area contributed by atoms with Gasteiger partial charge in [-0.25, -0.2) is 0 Å². The van der Waals surface area contributed by atoms with E-state index in [0.29, 0.717) is 43.4 Å². The number of carbonyl (C=O) groups is 2. The zero-order valence-electron chi connectivity index (χ0n) is 21.4. The standard InChI is InChI=1S/C28H40N4O2S2/c1-19-7-10-24(36-19)18-32(22-8-9-22)23-11-12-31(28(34)26-6-3-13-35-26)25(15-23)27(33)30-17-21-5-2-4-20(14-21)16-29/h3,6-7,10,13,20-23,25H,2,4-5,8-9,11-12,14-18,29H2,1H3,(H,30,33)/t20?,21?,23?,25-/m1/s1. The number of nitrogens with zero attached hydrogens (tertiary/aromatic N) is 2. The van der Waals surface area contributed by atoms with E-state index in [9.17, 15) is 9.59 Å². The van der Waals surface area contributed by atoms with E-state index in [0.717, 1.165) is 37.2 Å². The van der Waals surface area contributed by atoms with Gasteiger partial charge in [0, 0.05) is 41.5 Å². The first kappa shape index (κ1) is 25.9. The van der Waals surface area contributed by atoms with Gasteiger partial charge in [0.2, 0.25) is 5.91 Å².